The molecule has 1 heterocycles. The van der Waals surface area contributed by atoms with E-state index in [4.69, 9.17) is 17.0 Å². The summed E-state index contributed by atoms with van der Waals surface area (Å²) in [5.41, 5.74) is -0.237. The molecule has 1 N–H and O–H groups in total. The Bertz CT molecular complexity index is 878. The Morgan fingerprint density at radius 3 is 2.56 bits per heavy atom. The van der Waals surface area contributed by atoms with Crippen LogP contribution in [0.15, 0.2) is 53.4 Å². The predicted octanol–water partition coefficient (Wildman–Crippen LogP) is 4.99. The highest BCUT2D eigenvalue weighted by Crippen LogP contribution is 2.38. The first kappa shape index (κ1) is 17.5. The number of halogens is 3. The monoisotopic (exact) mass is 381 g/mol. The molecule has 0 saturated carbocycles. The number of benzene rings is 2. The van der Waals surface area contributed by atoms with Crippen molar-refractivity contribution in [1.82, 2.24) is 5.32 Å². The lowest BCUT2D eigenvalue weighted by molar-refractivity contribution is -0.138. The molecule has 0 unspecified atom stereocenters. The molecule has 2 aromatic carbocycles. The molecular formula is C17H10F3NO2S2. The van der Waals surface area contributed by atoms with Crippen LogP contribution in [0.4, 0.5) is 13.2 Å². The van der Waals surface area contributed by atoms with Gasteiger partial charge in [0.05, 0.1) is 10.5 Å². The Hall–Kier alpha value is -2.32. The summed E-state index contributed by atoms with van der Waals surface area (Å²) in [5.74, 6) is -0.352. The number of ether oxygens (including phenoxy) is 1. The van der Waals surface area contributed by atoms with Crippen molar-refractivity contribution in [3.05, 3.63) is 64.6 Å². The summed E-state index contributed by atoms with van der Waals surface area (Å²) in [6.45, 7) is 0. The smallest absolute Gasteiger partial charge is 0.419 e. The van der Waals surface area contributed by atoms with Crippen LogP contribution in [0.2, 0.25) is 0 Å². The fourth-order valence-electron chi connectivity index (χ4n) is 2.16. The van der Waals surface area contributed by atoms with Crippen LogP contribution in [0, 0.1) is 0 Å². The van der Waals surface area contributed by atoms with Crippen molar-refractivity contribution in [3.63, 3.8) is 0 Å². The fraction of sp³-hybridized carbons (Fsp3) is 0.0588. The first-order valence-corrected chi connectivity index (χ1v) is 8.24. The van der Waals surface area contributed by atoms with Crippen molar-refractivity contribution in [2.45, 2.75) is 6.18 Å². The minimum absolute atomic E-state index is 0.233. The molecule has 0 atom stereocenters. The Kier molecular flexibility index (Phi) is 4.82. The van der Waals surface area contributed by atoms with E-state index in [-0.39, 0.29) is 17.4 Å². The van der Waals surface area contributed by atoms with Gasteiger partial charge in [0.15, 0.2) is 0 Å². The minimum Gasteiger partial charge on any atom is -0.457 e. The van der Waals surface area contributed by atoms with Crippen LogP contribution in [0.3, 0.4) is 0 Å². The van der Waals surface area contributed by atoms with Gasteiger partial charge >= 0.3 is 6.18 Å². The highest BCUT2D eigenvalue weighted by atomic mass is 32.2. The van der Waals surface area contributed by atoms with E-state index in [0.717, 1.165) is 17.8 Å². The van der Waals surface area contributed by atoms with Crippen molar-refractivity contribution < 1.29 is 22.7 Å². The maximum Gasteiger partial charge on any atom is 0.419 e. The first-order valence-electron chi connectivity index (χ1n) is 7.02. The number of alkyl halides is 3. The quantitative estimate of drug-likeness (QED) is 0.601. The van der Waals surface area contributed by atoms with Gasteiger partial charge in [-0.15, -0.1) is 0 Å². The number of amides is 1. The molecule has 1 fully saturated rings. The molecule has 0 radical (unpaired) electrons. The van der Waals surface area contributed by atoms with Crippen LogP contribution in [0.5, 0.6) is 11.5 Å². The van der Waals surface area contributed by atoms with E-state index >= 15 is 0 Å². The van der Waals surface area contributed by atoms with E-state index in [1.807, 2.05) is 0 Å². The van der Waals surface area contributed by atoms with Gasteiger partial charge in [0, 0.05) is 0 Å². The summed E-state index contributed by atoms with van der Waals surface area (Å²) < 4.78 is 44.9. The topological polar surface area (TPSA) is 38.3 Å². The SMILES string of the molecule is O=C1NC(=S)SC1=Cc1cccc(Oc2ccccc2C(F)(F)F)c1. The molecule has 2 aromatic rings. The van der Waals surface area contributed by atoms with Crippen molar-refractivity contribution in [1.29, 1.82) is 0 Å². The third kappa shape index (κ3) is 4.21. The van der Waals surface area contributed by atoms with E-state index in [9.17, 15) is 18.0 Å². The van der Waals surface area contributed by atoms with E-state index in [1.165, 1.54) is 18.2 Å². The molecule has 1 aliphatic heterocycles. The van der Waals surface area contributed by atoms with Crippen molar-refractivity contribution in [3.8, 4) is 11.5 Å². The number of carbonyl (C=O) groups excluding carboxylic acids is 1. The van der Waals surface area contributed by atoms with Crippen molar-refractivity contribution >= 4 is 40.3 Å². The lowest BCUT2D eigenvalue weighted by Gasteiger charge is -2.13. The van der Waals surface area contributed by atoms with E-state index in [0.29, 0.717) is 14.8 Å². The maximum atomic E-state index is 13.0. The zero-order chi connectivity index (χ0) is 18.0. The van der Waals surface area contributed by atoms with Crippen LogP contribution in [-0.4, -0.2) is 10.2 Å². The largest absolute Gasteiger partial charge is 0.457 e. The zero-order valence-corrected chi connectivity index (χ0v) is 14.1. The Labute approximate surface area is 150 Å². The number of thioether (sulfide) groups is 1. The summed E-state index contributed by atoms with van der Waals surface area (Å²) in [4.78, 5) is 12.1. The molecule has 0 spiro atoms. The molecule has 1 amide bonds. The molecule has 8 heteroatoms. The van der Waals surface area contributed by atoms with Gasteiger partial charge in [-0.25, -0.2) is 0 Å². The number of thiocarbonyl (C=S) groups is 1. The van der Waals surface area contributed by atoms with Crippen LogP contribution < -0.4 is 10.1 Å². The van der Waals surface area contributed by atoms with Crippen LogP contribution >= 0.6 is 24.0 Å². The molecular weight excluding hydrogens is 371 g/mol. The van der Waals surface area contributed by atoms with Crippen LogP contribution in [0.25, 0.3) is 6.08 Å². The molecule has 128 valence electrons. The lowest BCUT2D eigenvalue weighted by Crippen LogP contribution is -2.17. The second kappa shape index (κ2) is 6.89. The number of hydrogen-bond acceptors (Lipinski definition) is 4. The van der Waals surface area contributed by atoms with Crippen LogP contribution in [-0.2, 0) is 11.0 Å². The standard InChI is InChI=1S/C17H10F3NO2S2/c18-17(19,20)12-6-1-2-7-13(12)23-11-5-3-4-10(8-11)9-14-15(22)21-16(24)25-14/h1-9H,(H,21,22,24). The fourth-order valence-corrected chi connectivity index (χ4v) is 3.20. The lowest BCUT2D eigenvalue weighted by atomic mass is 10.1. The number of carbonyl (C=O) groups is 1. The Balaban J connectivity index is 1.88. The van der Waals surface area contributed by atoms with E-state index in [1.54, 1.807) is 30.3 Å². The molecule has 1 saturated heterocycles. The molecule has 0 aromatic heterocycles. The third-order valence-electron chi connectivity index (χ3n) is 3.22. The highest BCUT2D eigenvalue weighted by molar-refractivity contribution is 8.26. The van der Waals surface area contributed by atoms with Gasteiger partial charge in [0.25, 0.3) is 5.91 Å². The van der Waals surface area contributed by atoms with E-state index < -0.39 is 11.7 Å². The zero-order valence-electron chi connectivity index (χ0n) is 12.5. The molecule has 0 aliphatic carbocycles. The second-order valence-corrected chi connectivity index (χ2v) is 6.74. The summed E-state index contributed by atoms with van der Waals surface area (Å²) >= 11 is 6.04. The van der Waals surface area contributed by atoms with Crippen LogP contribution in [0.1, 0.15) is 11.1 Å². The van der Waals surface area contributed by atoms with Crippen molar-refractivity contribution in [2.75, 3.05) is 0 Å². The number of para-hydroxylation sites is 1. The predicted molar refractivity (Wildman–Crippen MR) is 94.3 cm³/mol. The molecule has 1 aliphatic rings. The van der Waals surface area contributed by atoms with Gasteiger partial charge in [0.2, 0.25) is 0 Å². The van der Waals surface area contributed by atoms with E-state index in [2.05, 4.69) is 5.32 Å². The molecule has 3 rings (SSSR count). The molecule has 3 nitrogen and oxygen atoms in total. The van der Waals surface area contributed by atoms with Gasteiger partial charge in [0.1, 0.15) is 15.8 Å². The van der Waals surface area contributed by atoms with Gasteiger partial charge < -0.3 is 10.1 Å². The van der Waals surface area contributed by atoms with Gasteiger partial charge in [-0.3, -0.25) is 4.79 Å². The summed E-state index contributed by atoms with van der Waals surface area (Å²) in [7, 11) is 0. The Morgan fingerprint density at radius 1 is 1.12 bits per heavy atom. The summed E-state index contributed by atoms with van der Waals surface area (Å²) in [5, 5.41) is 2.50. The molecule has 25 heavy (non-hydrogen) atoms. The third-order valence-corrected chi connectivity index (χ3v) is 4.38. The summed E-state index contributed by atoms with van der Waals surface area (Å²) in [6.07, 6.45) is -2.91. The normalized spacial score (nSPS) is 16.2. The summed E-state index contributed by atoms with van der Waals surface area (Å²) in [6, 6.07) is 11.4. The van der Waals surface area contributed by atoms with Gasteiger partial charge in [-0.1, -0.05) is 48.2 Å². The highest BCUT2D eigenvalue weighted by Gasteiger charge is 2.34. The molecule has 0 bridgehead atoms. The van der Waals surface area contributed by atoms with Gasteiger partial charge in [-0.2, -0.15) is 13.2 Å². The second-order valence-electron chi connectivity index (χ2n) is 5.02. The maximum absolute atomic E-state index is 13.0. The number of rotatable bonds is 3. The average molecular weight is 381 g/mol. The number of hydrogen-bond donors (Lipinski definition) is 1. The van der Waals surface area contributed by atoms with Crippen molar-refractivity contribution in [2.24, 2.45) is 0 Å². The first-order chi connectivity index (χ1) is 11.8. The minimum atomic E-state index is -4.51. The average Bonchev–Trinajstić information content (AvgIpc) is 2.85. The Morgan fingerprint density at radius 2 is 1.88 bits per heavy atom. The van der Waals surface area contributed by atoms with Gasteiger partial charge in [-0.05, 0) is 35.9 Å². The number of nitrogens with one attached hydrogen (secondary N) is 1.